The third-order valence-corrected chi connectivity index (χ3v) is 4.36. The predicted molar refractivity (Wildman–Crippen MR) is 110 cm³/mol. The molecule has 1 unspecified atom stereocenters. The molecule has 3 amide bonds. The van der Waals surface area contributed by atoms with Crippen molar-refractivity contribution in [3.8, 4) is 0 Å². The van der Waals surface area contributed by atoms with E-state index in [2.05, 4.69) is 10.6 Å². The summed E-state index contributed by atoms with van der Waals surface area (Å²) in [6, 6.07) is 5.08. The number of methoxy groups -OCH3 is 1. The van der Waals surface area contributed by atoms with Gasteiger partial charge in [-0.1, -0.05) is 20.8 Å². The Balaban J connectivity index is 2.84. The number of nitrogens with zero attached hydrogens (tertiary/aromatic N) is 1. The van der Waals surface area contributed by atoms with E-state index < -0.39 is 11.8 Å². The predicted octanol–water partition coefficient (Wildman–Crippen LogP) is 2.59. The largest absolute Gasteiger partial charge is 0.383 e. The minimum absolute atomic E-state index is 0.0869. The fraction of sp³-hybridized carbons (Fsp3) is 0.571. The van der Waals surface area contributed by atoms with Crippen molar-refractivity contribution in [1.82, 2.24) is 10.2 Å². The Hall–Kier alpha value is -2.41. The van der Waals surface area contributed by atoms with Crippen molar-refractivity contribution >= 4 is 23.4 Å². The van der Waals surface area contributed by atoms with E-state index in [1.54, 1.807) is 32.2 Å². The molecular formula is C21H33N3O4. The zero-order valence-corrected chi connectivity index (χ0v) is 17.8. The summed E-state index contributed by atoms with van der Waals surface area (Å²) in [4.78, 5) is 38.7. The summed E-state index contributed by atoms with van der Waals surface area (Å²) < 4.78 is 5.03. The smallest absolute Gasteiger partial charge is 0.313 e. The summed E-state index contributed by atoms with van der Waals surface area (Å²) in [5.74, 6) is -1.21. The molecule has 1 atom stereocenters. The van der Waals surface area contributed by atoms with Crippen LogP contribution in [0.25, 0.3) is 0 Å². The maximum absolute atomic E-state index is 12.5. The van der Waals surface area contributed by atoms with Crippen LogP contribution < -0.4 is 10.6 Å². The highest BCUT2D eigenvalue weighted by molar-refractivity contribution is 6.39. The first-order valence-corrected chi connectivity index (χ1v) is 9.70. The first-order valence-electron chi connectivity index (χ1n) is 9.70. The number of aryl methyl sites for hydroxylation is 1. The van der Waals surface area contributed by atoms with Gasteiger partial charge in [-0.25, -0.2) is 0 Å². The summed E-state index contributed by atoms with van der Waals surface area (Å²) >= 11 is 0. The van der Waals surface area contributed by atoms with Crippen LogP contribution in [0, 0.1) is 12.8 Å². The summed E-state index contributed by atoms with van der Waals surface area (Å²) in [5, 5.41) is 5.56. The fourth-order valence-electron chi connectivity index (χ4n) is 2.59. The standard InChI is InChI=1S/C21H33N3O4/c1-7-16(5)22-19(25)17-8-9-18(15(4)12-17)23-20(26)21(27)24(10-11-28-6)13-14(2)3/h8-9,12,14,16H,7,10-11,13H2,1-6H3,(H,22,25)(H,23,26). The Morgan fingerprint density at radius 3 is 2.39 bits per heavy atom. The molecule has 0 fully saturated rings. The molecule has 7 heteroatoms. The summed E-state index contributed by atoms with van der Waals surface area (Å²) in [5.41, 5.74) is 1.74. The van der Waals surface area contributed by atoms with Gasteiger partial charge in [0.05, 0.1) is 6.61 Å². The van der Waals surface area contributed by atoms with Crippen LogP contribution in [0.3, 0.4) is 0 Å². The summed E-state index contributed by atoms with van der Waals surface area (Å²) in [7, 11) is 1.56. The SMILES string of the molecule is CCC(C)NC(=O)c1ccc(NC(=O)C(=O)N(CCOC)CC(C)C)c(C)c1. The first kappa shape index (κ1) is 23.6. The van der Waals surface area contributed by atoms with Gasteiger partial charge in [-0.15, -0.1) is 0 Å². The second-order valence-corrected chi connectivity index (χ2v) is 7.40. The Morgan fingerprint density at radius 2 is 1.86 bits per heavy atom. The van der Waals surface area contributed by atoms with E-state index in [9.17, 15) is 14.4 Å². The van der Waals surface area contributed by atoms with Crippen LogP contribution in [0.5, 0.6) is 0 Å². The third-order valence-electron chi connectivity index (χ3n) is 4.36. The van der Waals surface area contributed by atoms with Crippen LogP contribution in [0.1, 0.15) is 50.0 Å². The number of nitrogens with one attached hydrogen (secondary N) is 2. The lowest BCUT2D eigenvalue weighted by Gasteiger charge is -2.23. The highest BCUT2D eigenvalue weighted by atomic mass is 16.5. The second-order valence-electron chi connectivity index (χ2n) is 7.40. The van der Waals surface area contributed by atoms with Gasteiger partial charge in [0.25, 0.3) is 5.91 Å². The molecule has 0 saturated heterocycles. The average Bonchev–Trinajstić information content (AvgIpc) is 2.65. The van der Waals surface area contributed by atoms with Crippen molar-refractivity contribution < 1.29 is 19.1 Å². The normalized spacial score (nSPS) is 11.8. The highest BCUT2D eigenvalue weighted by Crippen LogP contribution is 2.17. The number of amides is 3. The molecule has 0 aliphatic carbocycles. The van der Waals surface area contributed by atoms with Crippen molar-refractivity contribution in [1.29, 1.82) is 0 Å². The zero-order chi connectivity index (χ0) is 21.3. The van der Waals surface area contributed by atoms with Gasteiger partial charge in [0, 0.05) is 37.5 Å². The molecule has 28 heavy (non-hydrogen) atoms. The van der Waals surface area contributed by atoms with E-state index in [-0.39, 0.29) is 17.9 Å². The second kappa shape index (κ2) is 11.4. The summed E-state index contributed by atoms with van der Waals surface area (Å²) in [6.07, 6.45) is 0.844. The molecular weight excluding hydrogens is 358 g/mol. The maximum Gasteiger partial charge on any atom is 0.313 e. The Morgan fingerprint density at radius 1 is 1.18 bits per heavy atom. The molecule has 0 spiro atoms. The lowest BCUT2D eigenvalue weighted by molar-refractivity contribution is -0.143. The van der Waals surface area contributed by atoms with Gasteiger partial charge in [-0.2, -0.15) is 0 Å². The topological polar surface area (TPSA) is 87.7 Å². The van der Waals surface area contributed by atoms with Crippen molar-refractivity contribution in [2.45, 2.75) is 47.1 Å². The van der Waals surface area contributed by atoms with Crippen molar-refractivity contribution in [3.05, 3.63) is 29.3 Å². The number of benzene rings is 1. The fourth-order valence-corrected chi connectivity index (χ4v) is 2.59. The zero-order valence-electron chi connectivity index (χ0n) is 17.8. The molecule has 0 heterocycles. The molecule has 7 nitrogen and oxygen atoms in total. The molecule has 0 saturated carbocycles. The molecule has 0 aliphatic rings. The Kier molecular flexibility index (Phi) is 9.65. The minimum atomic E-state index is -0.698. The Labute approximate surface area is 167 Å². The van der Waals surface area contributed by atoms with Crippen LogP contribution >= 0.6 is 0 Å². The lowest BCUT2D eigenvalue weighted by atomic mass is 10.1. The van der Waals surface area contributed by atoms with E-state index in [1.807, 2.05) is 27.7 Å². The van der Waals surface area contributed by atoms with Crippen molar-refractivity contribution in [2.75, 3.05) is 32.1 Å². The third kappa shape index (κ3) is 7.31. The van der Waals surface area contributed by atoms with Gasteiger partial charge >= 0.3 is 11.8 Å². The van der Waals surface area contributed by atoms with Gasteiger partial charge in [0.1, 0.15) is 0 Å². The van der Waals surface area contributed by atoms with Gasteiger partial charge in [0.2, 0.25) is 0 Å². The van der Waals surface area contributed by atoms with Crippen LogP contribution in [-0.4, -0.2) is 55.5 Å². The van der Waals surface area contributed by atoms with Gasteiger partial charge < -0.3 is 20.3 Å². The highest BCUT2D eigenvalue weighted by Gasteiger charge is 2.23. The molecule has 0 aliphatic heterocycles. The maximum atomic E-state index is 12.5. The molecule has 1 aromatic carbocycles. The number of hydrogen-bond donors (Lipinski definition) is 2. The average molecular weight is 392 g/mol. The van der Waals surface area contributed by atoms with E-state index in [0.717, 1.165) is 6.42 Å². The molecule has 1 rings (SSSR count). The molecule has 2 N–H and O–H groups in total. The summed E-state index contributed by atoms with van der Waals surface area (Å²) in [6.45, 7) is 10.9. The van der Waals surface area contributed by atoms with Gasteiger partial charge in [0.15, 0.2) is 0 Å². The number of carbonyl (C=O) groups is 3. The van der Waals surface area contributed by atoms with E-state index in [1.165, 1.54) is 4.90 Å². The van der Waals surface area contributed by atoms with Crippen LogP contribution in [0.2, 0.25) is 0 Å². The molecule has 0 radical (unpaired) electrons. The van der Waals surface area contributed by atoms with E-state index in [4.69, 9.17) is 4.74 Å². The number of hydrogen-bond acceptors (Lipinski definition) is 4. The van der Waals surface area contributed by atoms with Gasteiger partial charge in [-0.05, 0) is 49.9 Å². The molecule has 156 valence electrons. The van der Waals surface area contributed by atoms with Crippen LogP contribution in [-0.2, 0) is 14.3 Å². The van der Waals surface area contributed by atoms with Crippen LogP contribution in [0.15, 0.2) is 18.2 Å². The minimum Gasteiger partial charge on any atom is -0.383 e. The Bertz CT molecular complexity index is 688. The van der Waals surface area contributed by atoms with Crippen molar-refractivity contribution in [3.63, 3.8) is 0 Å². The van der Waals surface area contributed by atoms with Gasteiger partial charge in [-0.3, -0.25) is 14.4 Å². The monoisotopic (exact) mass is 391 g/mol. The van der Waals surface area contributed by atoms with E-state index in [0.29, 0.717) is 36.5 Å². The number of rotatable bonds is 9. The number of carbonyl (C=O) groups excluding carboxylic acids is 3. The molecule has 0 bridgehead atoms. The number of ether oxygens (including phenoxy) is 1. The molecule has 1 aromatic rings. The number of anilines is 1. The van der Waals surface area contributed by atoms with E-state index >= 15 is 0 Å². The van der Waals surface area contributed by atoms with Crippen molar-refractivity contribution in [2.24, 2.45) is 5.92 Å². The lowest BCUT2D eigenvalue weighted by Crippen LogP contribution is -2.43. The first-order chi connectivity index (χ1) is 13.2. The van der Waals surface area contributed by atoms with Crippen LogP contribution in [0.4, 0.5) is 5.69 Å². The quantitative estimate of drug-likeness (QED) is 0.634. The molecule has 0 aromatic heterocycles.